The molecule has 0 aliphatic heterocycles. The van der Waals surface area contributed by atoms with Crippen LogP contribution in [-0.2, 0) is 30.4 Å². The molecular weight excluding hydrogens is 369 g/mol. The van der Waals surface area contributed by atoms with Crippen LogP contribution >= 0.6 is 0 Å². The molecular formula is C5H9Na3O9S3. The van der Waals surface area contributed by atoms with Crippen molar-refractivity contribution in [2.24, 2.45) is 5.41 Å². The van der Waals surface area contributed by atoms with Crippen molar-refractivity contribution < 1.29 is 128 Å². The van der Waals surface area contributed by atoms with Crippen molar-refractivity contribution in [1.82, 2.24) is 0 Å². The molecule has 0 atom stereocenters. The summed E-state index contributed by atoms with van der Waals surface area (Å²) in [5, 5.41) is 0. The van der Waals surface area contributed by atoms with Gasteiger partial charge in [-0.3, -0.25) is 0 Å². The summed E-state index contributed by atoms with van der Waals surface area (Å²) in [7, 11) is -14.9. The minimum absolute atomic E-state index is 0. The van der Waals surface area contributed by atoms with Crippen molar-refractivity contribution in [3.05, 3.63) is 0 Å². The molecule has 104 valence electrons. The largest absolute Gasteiger partial charge is 1.00 e. The first kappa shape index (κ1) is 30.6. The van der Waals surface area contributed by atoms with Gasteiger partial charge in [0, 0.05) is 22.7 Å². The molecule has 0 aliphatic rings. The van der Waals surface area contributed by atoms with Crippen LogP contribution in [0.5, 0.6) is 0 Å². The molecule has 0 aromatic carbocycles. The summed E-state index contributed by atoms with van der Waals surface area (Å²) in [6.45, 7) is 0.757. The Hall–Kier alpha value is 2.73. The molecule has 0 spiro atoms. The normalized spacial score (nSPS) is 12.6. The van der Waals surface area contributed by atoms with Gasteiger partial charge < -0.3 is 13.7 Å². The van der Waals surface area contributed by atoms with Crippen molar-refractivity contribution in [2.45, 2.75) is 6.92 Å². The molecule has 0 rings (SSSR count). The van der Waals surface area contributed by atoms with E-state index in [9.17, 15) is 38.9 Å². The van der Waals surface area contributed by atoms with Crippen LogP contribution in [0.2, 0.25) is 0 Å². The Morgan fingerprint density at radius 1 is 0.650 bits per heavy atom. The Kier molecular flexibility index (Phi) is 16.2. The van der Waals surface area contributed by atoms with E-state index in [1.807, 2.05) is 0 Å². The molecule has 0 saturated carbocycles. The molecule has 0 N–H and O–H groups in total. The molecule has 9 nitrogen and oxygen atoms in total. The Bertz CT molecular complexity index is 495. The van der Waals surface area contributed by atoms with Gasteiger partial charge in [-0.15, -0.1) is 0 Å². The van der Waals surface area contributed by atoms with Gasteiger partial charge in [-0.2, -0.15) is 0 Å². The maximum absolute atomic E-state index is 10.5. The Morgan fingerprint density at radius 2 is 0.800 bits per heavy atom. The smallest absolute Gasteiger partial charge is 0.748 e. The van der Waals surface area contributed by atoms with Crippen LogP contribution in [0.15, 0.2) is 0 Å². The SMILES string of the molecule is CC(CS(=O)(=O)[O-])(CS(=O)(=O)[O-])CS(=O)(=O)[O-].[Na+].[Na+].[Na+]. The van der Waals surface area contributed by atoms with Gasteiger partial charge >= 0.3 is 88.7 Å². The average Bonchev–Trinajstić information content (AvgIpc) is 1.65. The van der Waals surface area contributed by atoms with Gasteiger partial charge in [-0.25, -0.2) is 25.3 Å². The summed E-state index contributed by atoms with van der Waals surface area (Å²) in [5.74, 6) is -4.28. The predicted molar refractivity (Wildman–Crippen MR) is 51.8 cm³/mol. The third kappa shape index (κ3) is 18.8. The number of rotatable bonds is 6. The maximum Gasteiger partial charge on any atom is 1.00 e. The van der Waals surface area contributed by atoms with Gasteiger partial charge in [-0.05, 0) is 0 Å². The molecule has 0 unspecified atom stereocenters. The van der Waals surface area contributed by atoms with E-state index in [1.165, 1.54) is 0 Å². The first-order chi connectivity index (χ1) is 7.12. The van der Waals surface area contributed by atoms with Gasteiger partial charge in [0.1, 0.15) is 0 Å². The summed E-state index contributed by atoms with van der Waals surface area (Å²) in [4.78, 5) is 0. The fraction of sp³-hybridized carbons (Fsp3) is 1.00. The quantitative estimate of drug-likeness (QED) is 0.321. The van der Waals surface area contributed by atoms with Gasteiger partial charge in [0.05, 0.1) is 30.4 Å². The van der Waals surface area contributed by atoms with E-state index in [0.29, 0.717) is 0 Å². The Morgan fingerprint density at radius 3 is 0.900 bits per heavy atom. The summed E-state index contributed by atoms with van der Waals surface area (Å²) in [6, 6.07) is 0. The zero-order valence-corrected chi connectivity index (χ0v) is 20.0. The molecule has 15 heteroatoms. The first-order valence-electron chi connectivity index (χ1n) is 3.93. The van der Waals surface area contributed by atoms with Gasteiger partial charge in [0.25, 0.3) is 0 Å². The third-order valence-corrected chi connectivity index (χ3v) is 4.73. The van der Waals surface area contributed by atoms with Crippen molar-refractivity contribution in [3.63, 3.8) is 0 Å². The van der Waals surface area contributed by atoms with Crippen LogP contribution in [0.1, 0.15) is 6.92 Å². The molecule has 0 amide bonds. The Labute approximate surface area is 184 Å². The minimum Gasteiger partial charge on any atom is -0.748 e. The molecule has 0 heterocycles. The molecule has 20 heavy (non-hydrogen) atoms. The second-order valence-electron chi connectivity index (χ2n) is 3.92. The first-order valence-corrected chi connectivity index (χ1v) is 8.66. The number of hydrogen-bond donors (Lipinski definition) is 0. The zero-order valence-electron chi connectivity index (χ0n) is 11.5. The molecule has 0 aliphatic carbocycles. The predicted octanol–water partition coefficient (Wildman–Crippen LogP) is -11.4. The second kappa shape index (κ2) is 10.6. The van der Waals surface area contributed by atoms with E-state index in [4.69, 9.17) is 0 Å². The van der Waals surface area contributed by atoms with Gasteiger partial charge in [0.2, 0.25) is 0 Å². The van der Waals surface area contributed by atoms with Crippen LogP contribution in [0.25, 0.3) is 0 Å². The van der Waals surface area contributed by atoms with Crippen molar-refractivity contribution in [1.29, 1.82) is 0 Å². The fourth-order valence-electron chi connectivity index (χ4n) is 1.41. The van der Waals surface area contributed by atoms with Crippen LogP contribution < -0.4 is 88.7 Å². The zero-order chi connectivity index (χ0) is 14.1. The monoisotopic (exact) mass is 378 g/mol. The molecule has 0 bridgehead atoms. The van der Waals surface area contributed by atoms with Crippen molar-refractivity contribution in [3.8, 4) is 0 Å². The van der Waals surface area contributed by atoms with E-state index in [2.05, 4.69) is 0 Å². The van der Waals surface area contributed by atoms with E-state index in [0.717, 1.165) is 6.92 Å². The Balaban J connectivity index is -0.000000427. The van der Waals surface area contributed by atoms with Crippen LogP contribution in [0, 0.1) is 5.41 Å². The minimum atomic E-state index is -4.98. The summed E-state index contributed by atoms with van der Waals surface area (Å²) >= 11 is 0. The van der Waals surface area contributed by atoms with Crippen LogP contribution in [0.3, 0.4) is 0 Å². The average molecular weight is 378 g/mol. The third-order valence-electron chi connectivity index (χ3n) is 1.58. The van der Waals surface area contributed by atoms with E-state index >= 15 is 0 Å². The molecule has 0 saturated heterocycles. The van der Waals surface area contributed by atoms with E-state index < -0.39 is 53.0 Å². The molecule has 0 aromatic heterocycles. The van der Waals surface area contributed by atoms with Crippen molar-refractivity contribution >= 4 is 30.4 Å². The summed E-state index contributed by atoms with van der Waals surface area (Å²) < 4.78 is 94.2. The standard InChI is InChI=1S/C5H12O9S3.3Na/c1-5(2-15(6,7)8,3-16(9,10)11)4-17(12,13)14;;;/h2-4H2,1H3,(H,6,7,8)(H,9,10,11)(H,12,13,14);;;/q;3*+1/p-3. The number of hydrogen-bond acceptors (Lipinski definition) is 9. The summed E-state index contributed by atoms with van der Waals surface area (Å²) in [6.07, 6.45) is 0. The molecule has 0 aromatic rings. The summed E-state index contributed by atoms with van der Waals surface area (Å²) in [5.41, 5.74) is -2.25. The van der Waals surface area contributed by atoms with Crippen LogP contribution in [0.4, 0.5) is 0 Å². The second-order valence-corrected chi connectivity index (χ2v) is 8.13. The fourth-order valence-corrected chi connectivity index (χ4v) is 4.97. The molecule has 0 fully saturated rings. The van der Waals surface area contributed by atoms with Crippen molar-refractivity contribution in [2.75, 3.05) is 17.3 Å². The van der Waals surface area contributed by atoms with Gasteiger partial charge in [-0.1, -0.05) is 6.92 Å². The topological polar surface area (TPSA) is 172 Å². The maximum atomic E-state index is 10.5. The van der Waals surface area contributed by atoms with E-state index in [-0.39, 0.29) is 88.7 Å². The molecule has 0 radical (unpaired) electrons. The van der Waals surface area contributed by atoms with Gasteiger partial charge in [0.15, 0.2) is 0 Å². The van der Waals surface area contributed by atoms with Crippen LogP contribution in [-0.4, -0.2) is 56.2 Å². The van der Waals surface area contributed by atoms with E-state index in [1.54, 1.807) is 0 Å².